The molecule has 0 saturated carbocycles. The lowest BCUT2D eigenvalue weighted by Crippen LogP contribution is -2.36. The van der Waals surface area contributed by atoms with Gasteiger partial charge in [-0.05, 0) is 52.2 Å². The molecule has 2 rings (SSSR count). The van der Waals surface area contributed by atoms with Crippen molar-refractivity contribution in [3.05, 3.63) is 55.9 Å². The number of guanidine groups is 1. The molecule has 2 aromatic rings. The molecule has 0 amide bonds. The number of halogens is 3. The second kappa shape index (κ2) is 9.46. The molecule has 0 atom stereocenters. The fourth-order valence-electron chi connectivity index (χ4n) is 1.77. The largest absolute Gasteiger partial charge is 0.352 e. The maximum absolute atomic E-state index is 13.5. The zero-order valence-corrected chi connectivity index (χ0v) is 17.1. The molecule has 0 aliphatic heterocycles. The third-order valence-corrected chi connectivity index (χ3v) is 4.60. The van der Waals surface area contributed by atoms with Crippen LogP contribution in [0.4, 0.5) is 4.39 Å². The van der Waals surface area contributed by atoms with E-state index in [1.165, 1.54) is 4.88 Å². The highest BCUT2D eigenvalue weighted by molar-refractivity contribution is 14.0. The van der Waals surface area contributed by atoms with Crippen molar-refractivity contribution in [3.8, 4) is 0 Å². The van der Waals surface area contributed by atoms with Crippen molar-refractivity contribution in [3.63, 3.8) is 0 Å². The summed E-state index contributed by atoms with van der Waals surface area (Å²) in [6, 6.07) is 9.32. The average Bonchev–Trinajstić information content (AvgIpc) is 2.88. The lowest BCUT2D eigenvalue weighted by molar-refractivity contribution is 0.615. The summed E-state index contributed by atoms with van der Waals surface area (Å²) in [5.74, 6) is 0.515. The van der Waals surface area contributed by atoms with E-state index in [4.69, 9.17) is 0 Å². The first kappa shape index (κ1) is 19.4. The van der Waals surface area contributed by atoms with Crippen molar-refractivity contribution < 1.29 is 4.39 Å². The van der Waals surface area contributed by atoms with Gasteiger partial charge in [0.05, 0.1) is 10.3 Å². The van der Waals surface area contributed by atoms with Crippen LogP contribution in [-0.4, -0.2) is 13.0 Å². The second-order valence-electron chi connectivity index (χ2n) is 4.57. The molecule has 0 aliphatic rings. The van der Waals surface area contributed by atoms with Crippen LogP contribution in [0.3, 0.4) is 0 Å². The molecular weight excluding hydrogens is 480 g/mol. The fourth-order valence-corrected chi connectivity index (χ4v) is 3.19. The van der Waals surface area contributed by atoms with E-state index >= 15 is 0 Å². The maximum atomic E-state index is 13.5. The van der Waals surface area contributed by atoms with Crippen LogP contribution in [-0.2, 0) is 13.1 Å². The number of thiophene rings is 1. The number of hydrogen-bond donors (Lipinski definition) is 2. The van der Waals surface area contributed by atoms with E-state index < -0.39 is 0 Å². The van der Waals surface area contributed by atoms with Gasteiger partial charge in [0.2, 0.25) is 0 Å². The Morgan fingerprint density at radius 1 is 1.23 bits per heavy atom. The summed E-state index contributed by atoms with van der Waals surface area (Å²) in [5.41, 5.74) is 1.55. The van der Waals surface area contributed by atoms with Crippen molar-refractivity contribution in [2.24, 2.45) is 4.99 Å². The van der Waals surface area contributed by atoms with Gasteiger partial charge < -0.3 is 10.6 Å². The van der Waals surface area contributed by atoms with Crippen LogP contribution >= 0.6 is 51.2 Å². The zero-order valence-electron chi connectivity index (χ0n) is 12.3. The van der Waals surface area contributed by atoms with Gasteiger partial charge >= 0.3 is 0 Å². The lowest BCUT2D eigenvalue weighted by Gasteiger charge is -2.11. The quantitative estimate of drug-likeness (QED) is 0.372. The van der Waals surface area contributed by atoms with Gasteiger partial charge in [0.1, 0.15) is 5.82 Å². The predicted molar refractivity (Wildman–Crippen MR) is 106 cm³/mol. The van der Waals surface area contributed by atoms with Gasteiger partial charge in [-0.3, -0.25) is 4.99 Å². The van der Waals surface area contributed by atoms with E-state index in [-0.39, 0.29) is 29.8 Å². The van der Waals surface area contributed by atoms with Crippen LogP contribution in [0.25, 0.3) is 0 Å². The third kappa shape index (κ3) is 5.85. The number of aryl methyl sites for hydroxylation is 1. The Hall–Kier alpha value is -0.670. The molecule has 0 unspecified atom stereocenters. The van der Waals surface area contributed by atoms with Crippen LogP contribution in [0, 0.1) is 12.7 Å². The van der Waals surface area contributed by atoms with E-state index in [9.17, 15) is 4.39 Å². The predicted octanol–water partition coefficient (Wildman–Crippen LogP) is 4.44. The SMILES string of the molecule is CN=C(NCc1ccc(C)c(F)c1)NCc1ccc(Br)s1.I. The standard InChI is InChI=1S/C15H17BrFN3S.HI/c1-10-3-4-11(7-13(10)17)8-19-15(18-2)20-9-12-5-6-14(16)21-12;/h3-7H,8-9H2,1-2H3,(H2,18,19,20);1H. The molecule has 0 aliphatic carbocycles. The Morgan fingerprint density at radius 2 is 1.95 bits per heavy atom. The van der Waals surface area contributed by atoms with E-state index in [1.807, 2.05) is 12.1 Å². The monoisotopic (exact) mass is 497 g/mol. The molecule has 2 N–H and O–H groups in total. The molecule has 120 valence electrons. The highest BCUT2D eigenvalue weighted by Gasteiger charge is 2.03. The molecule has 22 heavy (non-hydrogen) atoms. The summed E-state index contributed by atoms with van der Waals surface area (Å²) in [5, 5.41) is 6.40. The highest BCUT2D eigenvalue weighted by atomic mass is 127. The van der Waals surface area contributed by atoms with Gasteiger partial charge in [-0.1, -0.05) is 12.1 Å². The minimum Gasteiger partial charge on any atom is -0.352 e. The zero-order chi connectivity index (χ0) is 15.2. The van der Waals surface area contributed by atoms with Crippen LogP contribution in [0.5, 0.6) is 0 Å². The topological polar surface area (TPSA) is 36.4 Å². The Labute approximate surface area is 159 Å². The van der Waals surface area contributed by atoms with Gasteiger partial charge in [-0.25, -0.2) is 4.39 Å². The Morgan fingerprint density at radius 3 is 2.55 bits per heavy atom. The molecule has 0 saturated heterocycles. The number of rotatable bonds is 4. The molecule has 0 fully saturated rings. The molecule has 1 aromatic heterocycles. The first-order valence-electron chi connectivity index (χ1n) is 6.52. The third-order valence-electron chi connectivity index (χ3n) is 2.98. The number of nitrogens with one attached hydrogen (secondary N) is 2. The second-order valence-corrected chi connectivity index (χ2v) is 7.12. The normalized spacial score (nSPS) is 11.0. The van der Waals surface area contributed by atoms with Crippen LogP contribution < -0.4 is 10.6 Å². The van der Waals surface area contributed by atoms with Crippen molar-refractivity contribution in [2.75, 3.05) is 7.05 Å². The van der Waals surface area contributed by atoms with Gasteiger partial charge in [-0.2, -0.15) is 0 Å². The summed E-state index contributed by atoms with van der Waals surface area (Å²) < 4.78 is 14.6. The summed E-state index contributed by atoms with van der Waals surface area (Å²) in [4.78, 5) is 5.37. The average molecular weight is 498 g/mol. The fraction of sp³-hybridized carbons (Fsp3) is 0.267. The van der Waals surface area contributed by atoms with Crippen molar-refractivity contribution >= 4 is 57.2 Å². The molecule has 1 heterocycles. The van der Waals surface area contributed by atoms with Gasteiger partial charge in [0.15, 0.2) is 5.96 Å². The Kier molecular flexibility index (Phi) is 8.34. The van der Waals surface area contributed by atoms with E-state index in [2.05, 4.69) is 37.6 Å². The summed E-state index contributed by atoms with van der Waals surface area (Å²) in [6.07, 6.45) is 0. The first-order chi connectivity index (χ1) is 10.1. The van der Waals surface area contributed by atoms with Crippen molar-refractivity contribution in [2.45, 2.75) is 20.0 Å². The molecule has 1 aromatic carbocycles. The minimum absolute atomic E-state index is 0. The summed E-state index contributed by atoms with van der Waals surface area (Å²) in [7, 11) is 1.72. The molecule has 0 radical (unpaired) electrons. The molecule has 0 spiro atoms. The van der Waals surface area contributed by atoms with Gasteiger partial charge in [0.25, 0.3) is 0 Å². The molecule has 0 bridgehead atoms. The Balaban J connectivity index is 0.00000242. The summed E-state index contributed by atoms with van der Waals surface area (Å²) >= 11 is 5.12. The number of hydrogen-bond acceptors (Lipinski definition) is 2. The first-order valence-corrected chi connectivity index (χ1v) is 8.13. The summed E-state index contributed by atoms with van der Waals surface area (Å²) in [6.45, 7) is 3.00. The highest BCUT2D eigenvalue weighted by Crippen LogP contribution is 2.21. The molecular formula is C15H18BrFIN3S. The maximum Gasteiger partial charge on any atom is 0.191 e. The van der Waals surface area contributed by atoms with E-state index in [0.717, 1.165) is 9.35 Å². The minimum atomic E-state index is -0.180. The smallest absolute Gasteiger partial charge is 0.191 e. The van der Waals surface area contributed by atoms with Gasteiger partial charge in [0, 0.05) is 18.5 Å². The van der Waals surface area contributed by atoms with Crippen molar-refractivity contribution in [1.29, 1.82) is 0 Å². The van der Waals surface area contributed by atoms with Gasteiger partial charge in [-0.15, -0.1) is 35.3 Å². The number of aliphatic imine (C=N–C) groups is 1. The Bertz CT molecular complexity index is 645. The van der Waals surface area contributed by atoms with E-state index in [0.29, 0.717) is 24.6 Å². The van der Waals surface area contributed by atoms with Crippen LogP contribution in [0.2, 0.25) is 0 Å². The number of nitrogens with zero attached hydrogens (tertiary/aromatic N) is 1. The van der Waals surface area contributed by atoms with Crippen molar-refractivity contribution in [1.82, 2.24) is 10.6 Å². The lowest BCUT2D eigenvalue weighted by atomic mass is 10.1. The van der Waals surface area contributed by atoms with Crippen LogP contribution in [0.1, 0.15) is 16.0 Å². The molecule has 3 nitrogen and oxygen atoms in total. The number of benzene rings is 1. The molecule has 7 heteroatoms. The van der Waals surface area contributed by atoms with Crippen LogP contribution in [0.15, 0.2) is 39.1 Å². The van der Waals surface area contributed by atoms with E-state index in [1.54, 1.807) is 37.4 Å².